The number of carbonyl (C=O) groups excluding carboxylic acids is 1. The highest BCUT2D eigenvalue weighted by molar-refractivity contribution is 6.32. The number of aromatic nitrogens is 1. The summed E-state index contributed by atoms with van der Waals surface area (Å²) in [4.78, 5) is 17.0. The van der Waals surface area contributed by atoms with Gasteiger partial charge < -0.3 is 10.4 Å². The number of nitrogens with zero attached hydrogens (tertiary/aromatic N) is 1. The largest absolute Gasteiger partial charge is 0.506 e. The van der Waals surface area contributed by atoms with Crippen LogP contribution in [-0.2, 0) is 4.79 Å². The summed E-state index contributed by atoms with van der Waals surface area (Å²) in [5.41, 5.74) is 2.49. The highest BCUT2D eigenvalue weighted by Crippen LogP contribution is 2.41. The highest BCUT2D eigenvalue weighted by atomic mass is 35.5. The molecule has 1 heterocycles. The maximum atomic E-state index is 13.8. The minimum atomic E-state index is -0.246. The van der Waals surface area contributed by atoms with Gasteiger partial charge >= 0.3 is 0 Å². The maximum Gasteiger partial charge on any atom is 0.227 e. The fourth-order valence-electron chi connectivity index (χ4n) is 4.49. The Bertz CT molecular complexity index is 1080. The standard InChI is InChI=1S/C24H24ClFN2O2/c1-14(24(30)28-18-7-8-21(25)23(29)13-18)15-2-4-16(5-3-15)19-10-11-27-22-9-6-17(26)12-20(19)22/h6-16,29H,2-5H2,1H3,(H,28,30). The lowest BCUT2D eigenvalue weighted by Gasteiger charge is -2.32. The van der Waals surface area contributed by atoms with Gasteiger partial charge in [0.25, 0.3) is 0 Å². The fourth-order valence-corrected chi connectivity index (χ4v) is 4.60. The van der Waals surface area contributed by atoms with Crippen molar-refractivity contribution in [1.29, 1.82) is 0 Å². The van der Waals surface area contributed by atoms with Gasteiger partial charge in [-0.25, -0.2) is 4.39 Å². The summed E-state index contributed by atoms with van der Waals surface area (Å²) in [6, 6.07) is 11.4. The molecular formula is C24H24ClFN2O2. The van der Waals surface area contributed by atoms with E-state index in [1.807, 2.05) is 13.0 Å². The first kappa shape index (κ1) is 20.6. The molecule has 0 bridgehead atoms. The lowest BCUT2D eigenvalue weighted by Crippen LogP contribution is -2.29. The van der Waals surface area contributed by atoms with Crippen molar-refractivity contribution >= 4 is 34.1 Å². The van der Waals surface area contributed by atoms with Crippen LogP contribution in [0.15, 0.2) is 48.7 Å². The van der Waals surface area contributed by atoms with Gasteiger partial charge in [-0.1, -0.05) is 18.5 Å². The normalized spacial score (nSPS) is 20.1. The molecule has 1 aliphatic rings. The summed E-state index contributed by atoms with van der Waals surface area (Å²) in [6.07, 6.45) is 5.58. The number of hydrogen-bond donors (Lipinski definition) is 2. The number of hydrogen-bond acceptors (Lipinski definition) is 3. The molecule has 156 valence electrons. The smallest absolute Gasteiger partial charge is 0.227 e. The van der Waals surface area contributed by atoms with E-state index in [0.29, 0.717) is 11.6 Å². The Balaban J connectivity index is 1.41. The molecule has 0 aliphatic heterocycles. The SMILES string of the molecule is CC(C(=O)Nc1ccc(Cl)c(O)c1)C1CCC(c2ccnc3ccc(F)cc23)CC1. The molecule has 1 fully saturated rings. The van der Waals surface area contributed by atoms with Gasteiger partial charge in [-0.15, -0.1) is 0 Å². The monoisotopic (exact) mass is 426 g/mol. The Morgan fingerprint density at radius 2 is 1.93 bits per heavy atom. The second kappa shape index (κ2) is 8.60. The van der Waals surface area contributed by atoms with Crippen molar-refractivity contribution < 1.29 is 14.3 Å². The van der Waals surface area contributed by atoms with Crippen LogP contribution >= 0.6 is 11.6 Å². The highest BCUT2D eigenvalue weighted by Gasteiger charge is 2.30. The number of phenols is 1. The molecule has 0 saturated heterocycles. The van der Waals surface area contributed by atoms with E-state index in [1.165, 1.54) is 12.1 Å². The lowest BCUT2D eigenvalue weighted by atomic mass is 9.73. The van der Waals surface area contributed by atoms with Gasteiger partial charge in [0.2, 0.25) is 5.91 Å². The van der Waals surface area contributed by atoms with Crippen LogP contribution in [0.4, 0.5) is 10.1 Å². The molecule has 1 saturated carbocycles. The second-order valence-electron chi connectivity index (χ2n) is 8.12. The topological polar surface area (TPSA) is 62.2 Å². The average Bonchev–Trinajstić information content (AvgIpc) is 2.75. The number of rotatable bonds is 4. The molecule has 0 radical (unpaired) electrons. The molecule has 1 atom stereocenters. The number of aromatic hydroxyl groups is 1. The Hall–Kier alpha value is -2.66. The Morgan fingerprint density at radius 1 is 1.17 bits per heavy atom. The first-order chi connectivity index (χ1) is 14.4. The van der Waals surface area contributed by atoms with E-state index in [-0.39, 0.29) is 34.3 Å². The van der Waals surface area contributed by atoms with E-state index in [4.69, 9.17) is 11.6 Å². The minimum absolute atomic E-state index is 0.0522. The van der Waals surface area contributed by atoms with Crippen LogP contribution in [0.3, 0.4) is 0 Å². The third-order valence-corrected chi connectivity index (χ3v) is 6.60. The number of anilines is 1. The molecule has 2 N–H and O–H groups in total. The van der Waals surface area contributed by atoms with Crippen LogP contribution in [0.25, 0.3) is 10.9 Å². The molecule has 1 aromatic heterocycles. The Kier molecular flexibility index (Phi) is 5.91. The van der Waals surface area contributed by atoms with Gasteiger partial charge in [0, 0.05) is 29.3 Å². The zero-order chi connectivity index (χ0) is 21.3. The Labute approximate surface area is 180 Å². The van der Waals surface area contributed by atoms with Crippen LogP contribution in [0.2, 0.25) is 5.02 Å². The number of carbonyl (C=O) groups is 1. The van der Waals surface area contributed by atoms with Gasteiger partial charge in [0.05, 0.1) is 10.5 Å². The number of pyridine rings is 1. The first-order valence-corrected chi connectivity index (χ1v) is 10.6. The number of fused-ring (bicyclic) bond motifs is 1. The molecule has 1 unspecified atom stereocenters. The summed E-state index contributed by atoms with van der Waals surface area (Å²) >= 11 is 5.82. The lowest BCUT2D eigenvalue weighted by molar-refractivity contribution is -0.121. The molecule has 4 rings (SSSR count). The summed E-state index contributed by atoms with van der Waals surface area (Å²) in [6.45, 7) is 1.95. The Morgan fingerprint density at radius 3 is 2.67 bits per heavy atom. The minimum Gasteiger partial charge on any atom is -0.506 e. The summed E-state index contributed by atoms with van der Waals surface area (Å²) in [5.74, 6) is 0.128. The number of benzene rings is 2. The molecule has 3 aromatic rings. The molecule has 30 heavy (non-hydrogen) atoms. The summed E-state index contributed by atoms with van der Waals surface area (Å²) < 4.78 is 13.8. The van der Waals surface area contributed by atoms with E-state index >= 15 is 0 Å². The second-order valence-corrected chi connectivity index (χ2v) is 8.52. The predicted molar refractivity (Wildman–Crippen MR) is 117 cm³/mol. The molecular weight excluding hydrogens is 403 g/mol. The van der Waals surface area contributed by atoms with Crippen LogP contribution < -0.4 is 5.32 Å². The fraction of sp³-hybridized carbons (Fsp3) is 0.333. The van der Waals surface area contributed by atoms with Crippen LogP contribution in [0, 0.1) is 17.7 Å². The summed E-state index contributed by atoms with van der Waals surface area (Å²) in [5, 5.41) is 13.7. The molecule has 0 spiro atoms. The van der Waals surface area contributed by atoms with E-state index in [2.05, 4.69) is 10.3 Å². The van der Waals surface area contributed by atoms with Crippen LogP contribution in [-0.4, -0.2) is 16.0 Å². The zero-order valence-electron chi connectivity index (χ0n) is 16.7. The van der Waals surface area contributed by atoms with E-state index in [0.717, 1.165) is 42.1 Å². The van der Waals surface area contributed by atoms with Crippen molar-refractivity contribution in [2.75, 3.05) is 5.32 Å². The van der Waals surface area contributed by atoms with Crippen LogP contribution in [0.5, 0.6) is 5.75 Å². The molecule has 6 heteroatoms. The van der Waals surface area contributed by atoms with E-state index in [1.54, 1.807) is 30.5 Å². The van der Waals surface area contributed by atoms with Crippen molar-refractivity contribution in [3.8, 4) is 5.75 Å². The number of halogens is 2. The van der Waals surface area contributed by atoms with E-state index in [9.17, 15) is 14.3 Å². The molecule has 1 aliphatic carbocycles. The van der Waals surface area contributed by atoms with Crippen molar-refractivity contribution in [2.24, 2.45) is 11.8 Å². The van der Waals surface area contributed by atoms with Crippen molar-refractivity contribution in [1.82, 2.24) is 4.98 Å². The predicted octanol–water partition coefficient (Wildman–Crippen LogP) is 6.28. The number of phenolic OH excluding ortho intramolecular Hbond substituents is 1. The maximum absolute atomic E-state index is 13.8. The molecule has 4 nitrogen and oxygen atoms in total. The van der Waals surface area contributed by atoms with Gasteiger partial charge in [0.1, 0.15) is 11.6 Å². The van der Waals surface area contributed by atoms with Crippen LogP contribution in [0.1, 0.15) is 44.1 Å². The molecule has 2 aromatic carbocycles. The summed E-state index contributed by atoms with van der Waals surface area (Å²) in [7, 11) is 0. The van der Waals surface area contributed by atoms with Gasteiger partial charge in [0.15, 0.2) is 0 Å². The quantitative estimate of drug-likeness (QED) is 0.516. The van der Waals surface area contributed by atoms with Gasteiger partial charge in [-0.2, -0.15) is 0 Å². The van der Waals surface area contributed by atoms with E-state index < -0.39 is 0 Å². The van der Waals surface area contributed by atoms with Gasteiger partial charge in [-0.3, -0.25) is 9.78 Å². The molecule has 1 amide bonds. The van der Waals surface area contributed by atoms with Crippen molar-refractivity contribution in [3.63, 3.8) is 0 Å². The third kappa shape index (κ3) is 4.26. The van der Waals surface area contributed by atoms with Crippen molar-refractivity contribution in [2.45, 2.75) is 38.5 Å². The number of amides is 1. The number of nitrogens with one attached hydrogen (secondary N) is 1. The first-order valence-electron chi connectivity index (χ1n) is 10.3. The third-order valence-electron chi connectivity index (χ3n) is 6.28. The van der Waals surface area contributed by atoms with Gasteiger partial charge in [-0.05, 0) is 79.5 Å². The average molecular weight is 427 g/mol. The van der Waals surface area contributed by atoms with Crippen molar-refractivity contribution in [3.05, 3.63) is 65.1 Å². The zero-order valence-corrected chi connectivity index (χ0v) is 17.5.